The highest BCUT2D eigenvalue weighted by Crippen LogP contribution is 2.52. The molecule has 1 spiro atoms. The van der Waals surface area contributed by atoms with Crippen LogP contribution in [0.4, 0.5) is 0 Å². The first-order chi connectivity index (χ1) is 9.29. The molecule has 1 fully saturated rings. The SMILES string of the molecule is CC1CC(C)(C)CC2(C1)C[C@@H](O)c1cc(Br)ccc1O2. The predicted molar refractivity (Wildman–Crippen MR) is 83.9 cm³/mol. The largest absolute Gasteiger partial charge is 0.487 e. The average molecular weight is 339 g/mol. The molecule has 0 amide bonds. The van der Waals surface area contributed by atoms with Gasteiger partial charge < -0.3 is 9.84 Å². The van der Waals surface area contributed by atoms with Crippen LogP contribution in [0.25, 0.3) is 0 Å². The van der Waals surface area contributed by atoms with E-state index in [1.54, 1.807) is 0 Å². The van der Waals surface area contributed by atoms with Crippen molar-refractivity contribution in [1.29, 1.82) is 0 Å². The molecule has 2 aliphatic rings. The molecule has 2 unspecified atom stereocenters. The van der Waals surface area contributed by atoms with E-state index in [-0.39, 0.29) is 11.0 Å². The van der Waals surface area contributed by atoms with Crippen LogP contribution in [-0.4, -0.2) is 10.7 Å². The van der Waals surface area contributed by atoms with Crippen LogP contribution in [0.5, 0.6) is 5.75 Å². The van der Waals surface area contributed by atoms with Crippen LogP contribution < -0.4 is 4.74 Å². The number of hydrogen-bond donors (Lipinski definition) is 1. The highest BCUT2D eigenvalue weighted by Gasteiger charge is 2.48. The maximum atomic E-state index is 10.6. The number of benzene rings is 1. The van der Waals surface area contributed by atoms with E-state index in [1.165, 1.54) is 6.42 Å². The van der Waals surface area contributed by atoms with Gasteiger partial charge in [-0.25, -0.2) is 0 Å². The number of hydrogen-bond acceptors (Lipinski definition) is 2. The Morgan fingerprint density at radius 1 is 1.25 bits per heavy atom. The standard InChI is InChI=1S/C17H23BrO2/c1-11-7-16(2,3)10-17(8-11)9-14(19)13-6-12(18)4-5-15(13)20-17/h4-6,11,14,19H,7-10H2,1-3H3/t11?,14-,17?/m1/s1. The lowest BCUT2D eigenvalue weighted by Crippen LogP contribution is -2.49. The molecule has 1 aromatic carbocycles. The average Bonchev–Trinajstić information content (AvgIpc) is 2.27. The summed E-state index contributed by atoms with van der Waals surface area (Å²) in [6, 6.07) is 5.95. The number of ether oxygens (including phenoxy) is 1. The lowest BCUT2D eigenvalue weighted by atomic mass is 9.63. The van der Waals surface area contributed by atoms with Gasteiger partial charge in [0.05, 0.1) is 6.10 Å². The van der Waals surface area contributed by atoms with E-state index in [1.807, 2.05) is 18.2 Å². The number of rotatable bonds is 0. The monoisotopic (exact) mass is 338 g/mol. The van der Waals surface area contributed by atoms with Crippen LogP contribution in [0.3, 0.4) is 0 Å². The Bertz CT molecular complexity index is 526. The second kappa shape index (κ2) is 4.74. The topological polar surface area (TPSA) is 29.5 Å². The number of aliphatic hydroxyl groups excluding tert-OH is 1. The number of fused-ring (bicyclic) bond motifs is 1. The van der Waals surface area contributed by atoms with Crippen LogP contribution in [0.2, 0.25) is 0 Å². The molecule has 0 radical (unpaired) electrons. The molecular weight excluding hydrogens is 316 g/mol. The van der Waals surface area contributed by atoms with E-state index in [4.69, 9.17) is 4.74 Å². The van der Waals surface area contributed by atoms with E-state index in [2.05, 4.69) is 36.7 Å². The van der Waals surface area contributed by atoms with E-state index in [0.29, 0.717) is 12.3 Å². The van der Waals surface area contributed by atoms with Gasteiger partial charge >= 0.3 is 0 Å². The van der Waals surface area contributed by atoms with Crippen LogP contribution in [-0.2, 0) is 0 Å². The Balaban J connectivity index is 1.96. The van der Waals surface area contributed by atoms with Crippen LogP contribution in [0, 0.1) is 11.3 Å². The van der Waals surface area contributed by atoms with Crippen molar-refractivity contribution in [1.82, 2.24) is 0 Å². The highest BCUT2D eigenvalue weighted by molar-refractivity contribution is 9.10. The van der Waals surface area contributed by atoms with Gasteiger partial charge in [-0.15, -0.1) is 0 Å². The third kappa shape index (κ3) is 2.62. The van der Waals surface area contributed by atoms with Crippen molar-refractivity contribution in [3.8, 4) is 5.75 Å². The molecule has 0 aromatic heterocycles. The summed E-state index contributed by atoms with van der Waals surface area (Å²) in [6.45, 7) is 6.93. The maximum absolute atomic E-state index is 10.6. The Kier molecular flexibility index (Phi) is 3.41. The summed E-state index contributed by atoms with van der Waals surface area (Å²) in [4.78, 5) is 0. The Morgan fingerprint density at radius 3 is 2.70 bits per heavy atom. The van der Waals surface area contributed by atoms with Crippen LogP contribution in [0.1, 0.15) is 58.1 Å². The zero-order valence-electron chi connectivity index (χ0n) is 12.4. The van der Waals surface area contributed by atoms with Gasteiger partial charge in [0.15, 0.2) is 0 Å². The molecular formula is C17H23BrO2. The molecule has 0 bridgehead atoms. The molecule has 1 saturated carbocycles. The molecule has 1 heterocycles. The molecule has 3 atom stereocenters. The van der Waals surface area contributed by atoms with E-state index >= 15 is 0 Å². The predicted octanol–water partition coefficient (Wildman–Crippen LogP) is 4.85. The fourth-order valence-corrected chi connectivity index (χ4v) is 4.89. The van der Waals surface area contributed by atoms with Crippen molar-refractivity contribution in [3.63, 3.8) is 0 Å². The smallest absolute Gasteiger partial charge is 0.126 e. The molecule has 20 heavy (non-hydrogen) atoms. The minimum absolute atomic E-state index is 0.193. The van der Waals surface area contributed by atoms with Crippen molar-refractivity contribution in [2.75, 3.05) is 0 Å². The van der Waals surface area contributed by atoms with Crippen molar-refractivity contribution < 1.29 is 9.84 Å². The lowest BCUT2D eigenvalue weighted by Gasteiger charge is -2.50. The van der Waals surface area contributed by atoms with E-state index in [0.717, 1.165) is 28.6 Å². The third-order valence-electron chi connectivity index (χ3n) is 4.64. The molecule has 3 heteroatoms. The molecule has 1 aromatic rings. The summed E-state index contributed by atoms with van der Waals surface area (Å²) in [5.41, 5.74) is 1.01. The minimum Gasteiger partial charge on any atom is -0.487 e. The normalized spacial score (nSPS) is 35.5. The second-order valence-corrected chi connectivity index (χ2v) is 8.46. The summed E-state index contributed by atoms with van der Waals surface area (Å²) >= 11 is 3.47. The van der Waals surface area contributed by atoms with Gasteiger partial charge in [-0.05, 0) is 48.8 Å². The van der Waals surface area contributed by atoms with Crippen molar-refractivity contribution in [2.45, 2.75) is 58.2 Å². The van der Waals surface area contributed by atoms with Gasteiger partial charge in [-0.3, -0.25) is 0 Å². The first-order valence-electron chi connectivity index (χ1n) is 7.45. The first-order valence-corrected chi connectivity index (χ1v) is 8.24. The lowest BCUT2D eigenvalue weighted by molar-refractivity contribution is -0.0822. The summed E-state index contributed by atoms with van der Waals surface area (Å²) in [5, 5.41) is 10.6. The van der Waals surface area contributed by atoms with Gasteiger partial charge in [-0.2, -0.15) is 0 Å². The molecule has 1 N–H and O–H groups in total. The fourth-order valence-electron chi connectivity index (χ4n) is 4.51. The second-order valence-electron chi connectivity index (χ2n) is 7.54. The molecule has 0 saturated heterocycles. The van der Waals surface area contributed by atoms with Crippen molar-refractivity contribution in [3.05, 3.63) is 28.2 Å². The third-order valence-corrected chi connectivity index (χ3v) is 5.14. The van der Waals surface area contributed by atoms with Gasteiger partial charge in [0.25, 0.3) is 0 Å². The van der Waals surface area contributed by atoms with Crippen LogP contribution in [0.15, 0.2) is 22.7 Å². The van der Waals surface area contributed by atoms with E-state index in [9.17, 15) is 5.11 Å². The van der Waals surface area contributed by atoms with E-state index < -0.39 is 6.10 Å². The van der Waals surface area contributed by atoms with Gasteiger partial charge in [-0.1, -0.05) is 36.7 Å². The number of halogens is 1. The Labute approximate surface area is 129 Å². The molecule has 2 nitrogen and oxygen atoms in total. The minimum atomic E-state index is -0.419. The molecule has 110 valence electrons. The van der Waals surface area contributed by atoms with Crippen LogP contribution >= 0.6 is 15.9 Å². The first kappa shape index (κ1) is 14.4. The zero-order chi connectivity index (χ0) is 14.5. The van der Waals surface area contributed by atoms with Gasteiger partial charge in [0.1, 0.15) is 11.4 Å². The summed E-state index contributed by atoms with van der Waals surface area (Å²) < 4.78 is 7.40. The Morgan fingerprint density at radius 2 is 2.00 bits per heavy atom. The summed E-state index contributed by atoms with van der Waals surface area (Å²) in [5.74, 6) is 1.50. The summed E-state index contributed by atoms with van der Waals surface area (Å²) in [6.07, 6.45) is 3.60. The van der Waals surface area contributed by atoms with Crippen molar-refractivity contribution in [2.24, 2.45) is 11.3 Å². The highest BCUT2D eigenvalue weighted by atomic mass is 79.9. The molecule has 1 aliphatic heterocycles. The zero-order valence-corrected chi connectivity index (χ0v) is 14.0. The maximum Gasteiger partial charge on any atom is 0.126 e. The van der Waals surface area contributed by atoms with Gasteiger partial charge in [0, 0.05) is 16.5 Å². The number of aliphatic hydroxyl groups is 1. The van der Waals surface area contributed by atoms with Crippen molar-refractivity contribution >= 4 is 15.9 Å². The fraction of sp³-hybridized carbons (Fsp3) is 0.647. The molecule has 1 aliphatic carbocycles. The summed E-state index contributed by atoms with van der Waals surface area (Å²) in [7, 11) is 0. The quantitative estimate of drug-likeness (QED) is 0.732. The molecule has 3 rings (SSSR count). The Hall–Kier alpha value is -0.540. The van der Waals surface area contributed by atoms with Gasteiger partial charge in [0.2, 0.25) is 0 Å².